The average molecular weight is 376 g/mol. The predicted octanol–water partition coefficient (Wildman–Crippen LogP) is 4.10. The van der Waals surface area contributed by atoms with Crippen molar-refractivity contribution in [2.24, 2.45) is 46.2 Å². The highest BCUT2D eigenvalue weighted by atomic mass is 16.5. The zero-order valence-corrected chi connectivity index (χ0v) is 17.3. The smallest absolute Gasteiger partial charge is 0.307 e. The van der Waals surface area contributed by atoms with Crippen LogP contribution in [0.2, 0.25) is 0 Å². The molecular formula is C23H37NO3. The first kappa shape index (κ1) is 19.4. The Morgan fingerprint density at radius 3 is 2.67 bits per heavy atom. The maximum absolute atomic E-state index is 12.6. The Hall–Kier alpha value is -0.900. The Labute approximate surface area is 164 Å². The fourth-order valence-electron chi connectivity index (χ4n) is 7.84. The molecule has 0 aromatic carbocycles. The van der Waals surface area contributed by atoms with E-state index in [1.807, 2.05) is 0 Å². The van der Waals surface area contributed by atoms with Gasteiger partial charge in [-0.25, -0.2) is 0 Å². The van der Waals surface area contributed by atoms with Gasteiger partial charge in [0.2, 0.25) is 0 Å². The van der Waals surface area contributed by atoms with Gasteiger partial charge in [-0.1, -0.05) is 20.8 Å². The van der Waals surface area contributed by atoms with Crippen molar-refractivity contribution in [3.05, 3.63) is 0 Å². The fraction of sp³-hybridized carbons (Fsp3) is 0.913. The lowest BCUT2D eigenvalue weighted by atomic mass is 9.43. The Balaban J connectivity index is 1.52. The summed E-state index contributed by atoms with van der Waals surface area (Å²) in [7, 11) is 0. The molecule has 2 N–H and O–H groups in total. The van der Waals surface area contributed by atoms with E-state index in [1.54, 1.807) is 0 Å². The Bertz CT molecular complexity index is 619. The lowest BCUT2D eigenvalue weighted by molar-refractivity contribution is -0.168. The minimum Gasteiger partial charge on any atom is -0.462 e. The van der Waals surface area contributed by atoms with E-state index in [1.165, 1.54) is 12.8 Å². The van der Waals surface area contributed by atoms with Gasteiger partial charge in [0.05, 0.1) is 6.42 Å². The molecule has 1 unspecified atom stereocenters. The van der Waals surface area contributed by atoms with Crippen molar-refractivity contribution < 1.29 is 14.3 Å². The highest BCUT2D eigenvalue weighted by Gasteiger charge is 2.62. The molecule has 8 atom stereocenters. The van der Waals surface area contributed by atoms with Crippen molar-refractivity contribution in [2.75, 3.05) is 6.54 Å². The van der Waals surface area contributed by atoms with Crippen LogP contribution < -0.4 is 5.73 Å². The van der Waals surface area contributed by atoms with E-state index in [0.29, 0.717) is 47.8 Å². The molecule has 4 aliphatic carbocycles. The SMILES string of the molecule is C[C@@H]1CC2C[C@@H](OC(=O)CCN)CC[C@]2(C)[C@H]2CC[C@]3(C)C(=O)CC[C@H]3[C@H]12. The van der Waals surface area contributed by atoms with E-state index in [9.17, 15) is 9.59 Å². The van der Waals surface area contributed by atoms with Crippen molar-refractivity contribution in [3.8, 4) is 0 Å². The van der Waals surface area contributed by atoms with Crippen LogP contribution in [0.1, 0.15) is 78.6 Å². The molecule has 0 heterocycles. The van der Waals surface area contributed by atoms with Crippen LogP contribution in [0.25, 0.3) is 0 Å². The first-order chi connectivity index (χ1) is 12.8. The zero-order valence-electron chi connectivity index (χ0n) is 17.3. The summed E-state index contributed by atoms with van der Waals surface area (Å²) in [6.07, 6.45) is 8.99. The molecule has 0 radical (unpaired) electrons. The van der Waals surface area contributed by atoms with Gasteiger partial charge in [-0.15, -0.1) is 0 Å². The Morgan fingerprint density at radius 1 is 1.15 bits per heavy atom. The van der Waals surface area contributed by atoms with Gasteiger partial charge in [-0.05, 0) is 80.0 Å². The third-order valence-corrected chi connectivity index (χ3v) is 9.33. The largest absolute Gasteiger partial charge is 0.462 e. The fourth-order valence-corrected chi connectivity index (χ4v) is 7.84. The number of Topliss-reactive ketones (excluding diaryl/α,β-unsaturated/α-hetero) is 1. The summed E-state index contributed by atoms with van der Waals surface area (Å²) >= 11 is 0. The van der Waals surface area contributed by atoms with Crippen LogP contribution >= 0.6 is 0 Å². The second-order valence-corrected chi connectivity index (χ2v) is 10.5. The van der Waals surface area contributed by atoms with Crippen LogP contribution in [-0.4, -0.2) is 24.4 Å². The monoisotopic (exact) mass is 375 g/mol. The number of nitrogens with two attached hydrogens (primary N) is 1. The summed E-state index contributed by atoms with van der Waals surface area (Å²) in [6.45, 7) is 7.57. The Morgan fingerprint density at radius 2 is 1.93 bits per heavy atom. The van der Waals surface area contributed by atoms with Gasteiger partial charge >= 0.3 is 5.97 Å². The van der Waals surface area contributed by atoms with Crippen molar-refractivity contribution in [2.45, 2.75) is 84.7 Å². The van der Waals surface area contributed by atoms with Crippen molar-refractivity contribution in [1.82, 2.24) is 0 Å². The molecule has 0 saturated heterocycles. The first-order valence-corrected chi connectivity index (χ1v) is 11.2. The number of ketones is 1. The molecule has 4 rings (SSSR count). The normalized spacial score (nSPS) is 49.1. The van der Waals surface area contributed by atoms with Crippen molar-refractivity contribution in [3.63, 3.8) is 0 Å². The van der Waals surface area contributed by atoms with Crippen LogP contribution in [0, 0.1) is 40.4 Å². The molecule has 0 bridgehead atoms. The third kappa shape index (κ3) is 2.97. The maximum Gasteiger partial charge on any atom is 0.307 e. The number of ether oxygens (including phenoxy) is 1. The van der Waals surface area contributed by atoms with E-state index >= 15 is 0 Å². The summed E-state index contributed by atoms with van der Waals surface area (Å²) in [4.78, 5) is 24.5. The quantitative estimate of drug-likeness (QED) is 0.754. The summed E-state index contributed by atoms with van der Waals surface area (Å²) in [5.74, 6) is 3.73. The third-order valence-electron chi connectivity index (χ3n) is 9.33. The van der Waals surface area contributed by atoms with Crippen LogP contribution in [0.5, 0.6) is 0 Å². The molecule has 0 aliphatic heterocycles. The standard InChI is InChI=1S/C23H37NO3/c1-14-12-15-13-16(27-20(26)8-11-24)6-9-22(15,2)18-7-10-23(3)17(21(14)18)4-5-19(23)25/h14-18,21H,4-13,24H2,1-3H3/t14-,15?,16+,17+,18+,21+,22+,23+/m1/s1. The number of esters is 1. The number of rotatable bonds is 3. The molecule has 0 amide bonds. The number of hydrogen-bond acceptors (Lipinski definition) is 4. The molecule has 4 nitrogen and oxygen atoms in total. The second-order valence-electron chi connectivity index (χ2n) is 10.5. The van der Waals surface area contributed by atoms with Gasteiger partial charge in [0.15, 0.2) is 0 Å². The van der Waals surface area contributed by atoms with Crippen LogP contribution in [-0.2, 0) is 14.3 Å². The van der Waals surface area contributed by atoms with E-state index in [4.69, 9.17) is 10.5 Å². The van der Waals surface area contributed by atoms with Crippen LogP contribution in [0.3, 0.4) is 0 Å². The molecule has 0 spiro atoms. The first-order valence-electron chi connectivity index (χ1n) is 11.2. The zero-order chi connectivity index (χ0) is 19.4. The summed E-state index contributed by atoms with van der Waals surface area (Å²) in [5.41, 5.74) is 5.79. The topological polar surface area (TPSA) is 69.4 Å². The van der Waals surface area contributed by atoms with Gasteiger partial charge in [-0.2, -0.15) is 0 Å². The minimum atomic E-state index is -0.134. The average Bonchev–Trinajstić information content (AvgIpc) is 2.92. The van der Waals surface area contributed by atoms with Crippen molar-refractivity contribution >= 4 is 11.8 Å². The highest BCUT2D eigenvalue weighted by Crippen LogP contribution is 2.66. The number of hydrogen-bond donors (Lipinski definition) is 1. The summed E-state index contributed by atoms with van der Waals surface area (Å²) < 4.78 is 5.73. The van der Waals surface area contributed by atoms with E-state index in [0.717, 1.165) is 44.4 Å². The molecule has 4 aliphatic rings. The molecule has 4 saturated carbocycles. The van der Waals surface area contributed by atoms with E-state index in [2.05, 4.69) is 20.8 Å². The van der Waals surface area contributed by atoms with Gasteiger partial charge in [0.25, 0.3) is 0 Å². The van der Waals surface area contributed by atoms with Crippen LogP contribution in [0.15, 0.2) is 0 Å². The lowest BCUT2D eigenvalue weighted by Crippen LogP contribution is -2.56. The van der Waals surface area contributed by atoms with E-state index < -0.39 is 0 Å². The maximum atomic E-state index is 12.6. The van der Waals surface area contributed by atoms with Gasteiger partial charge in [-0.3, -0.25) is 9.59 Å². The summed E-state index contributed by atoms with van der Waals surface area (Å²) in [6, 6.07) is 0. The number of fused-ring (bicyclic) bond motifs is 5. The molecule has 4 fully saturated rings. The van der Waals surface area contributed by atoms with Gasteiger partial charge < -0.3 is 10.5 Å². The predicted molar refractivity (Wildman–Crippen MR) is 105 cm³/mol. The molecule has 27 heavy (non-hydrogen) atoms. The number of carbonyl (C=O) groups is 2. The summed E-state index contributed by atoms with van der Waals surface area (Å²) in [5, 5.41) is 0. The number of carbonyl (C=O) groups excluding carboxylic acids is 2. The molecule has 0 aromatic rings. The molecule has 4 heteroatoms. The second kappa shape index (κ2) is 6.86. The highest BCUT2D eigenvalue weighted by molar-refractivity contribution is 5.87. The van der Waals surface area contributed by atoms with Crippen LogP contribution in [0.4, 0.5) is 0 Å². The lowest BCUT2D eigenvalue weighted by Gasteiger charge is -2.62. The van der Waals surface area contributed by atoms with E-state index in [-0.39, 0.29) is 17.5 Å². The molecular weight excluding hydrogens is 338 g/mol. The Kier molecular flexibility index (Phi) is 4.93. The van der Waals surface area contributed by atoms with Gasteiger partial charge in [0.1, 0.15) is 11.9 Å². The minimum absolute atomic E-state index is 0.0480. The molecule has 0 aromatic heterocycles. The van der Waals surface area contributed by atoms with Gasteiger partial charge in [0, 0.05) is 18.4 Å². The molecule has 152 valence electrons. The van der Waals surface area contributed by atoms with Crippen molar-refractivity contribution in [1.29, 1.82) is 0 Å².